The highest BCUT2D eigenvalue weighted by Crippen LogP contribution is 1.98. The van der Waals surface area contributed by atoms with Crippen molar-refractivity contribution < 1.29 is 9.63 Å². The summed E-state index contributed by atoms with van der Waals surface area (Å²) in [6.45, 7) is 2.08. The molecular weight excluding hydrogens is 154 g/mol. The Morgan fingerprint density at radius 1 is 1.50 bits per heavy atom. The Kier molecular flexibility index (Phi) is 10.8. The molecule has 0 aromatic carbocycles. The van der Waals surface area contributed by atoms with Crippen LogP contribution in [0, 0.1) is 0 Å². The van der Waals surface area contributed by atoms with Crippen LogP contribution >= 0.6 is 12.4 Å². The van der Waals surface area contributed by atoms with Crippen molar-refractivity contribution in [2.75, 3.05) is 0 Å². The molecule has 0 aliphatic rings. The molecule has 0 amide bonds. The van der Waals surface area contributed by atoms with Crippen molar-refractivity contribution in [1.29, 1.82) is 0 Å². The van der Waals surface area contributed by atoms with E-state index in [-0.39, 0.29) is 18.4 Å². The molecule has 0 radical (unpaired) electrons. The van der Waals surface area contributed by atoms with Crippen molar-refractivity contribution in [2.24, 2.45) is 5.90 Å². The van der Waals surface area contributed by atoms with Gasteiger partial charge in [0.15, 0.2) is 0 Å². The molecule has 0 aliphatic carbocycles. The molecule has 0 unspecified atom stereocenters. The minimum absolute atomic E-state index is 0. The summed E-state index contributed by atoms with van der Waals surface area (Å²) in [5.41, 5.74) is 0. The summed E-state index contributed by atoms with van der Waals surface area (Å²) in [5.74, 6) is 4.29. The molecule has 0 rings (SSSR count). The molecule has 3 nitrogen and oxygen atoms in total. The Bertz CT molecular complexity index is 87.8. The summed E-state index contributed by atoms with van der Waals surface area (Å²) in [5, 5.41) is 0. The van der Waals surface area contributed by atoms with Crippen molar-refractivity contribution in [3.05, 3.63) is 0 Å². The third kappa shape index (κ3) is 7.72. The van der Waals surface area contributed by atoms with Crippen LogP contribution in [-0.4, -0.2) is 5.97 Å². The average Bonchev–Trinajstić information content (AvgIpc) is 1.89. The van der Waals surface area contributed by atoms with Crippen LogP contribution in [0.25, 0.3) is 0 Å². The van der Waals surface area contributed by atoms with Gasteiger partial charge in [-0.3, -0.25) is 4.79 Å². The first-order chi connectivity index (χ1) is 4.31. The number of rotatable bonds is 4. The number of unbranched alkanes of at least 4 members (excludes halogenated alkanes) is 2. The zero-order valence-electron chi connectivity index (χ0n) is 6.13. The number of halogens is 1. The lowest BCUT2D eigenvalue weighted by Gasteiger charge is -1.94. The van der Waals surface area contributed by atoms with Crippen LogP contribution < -0.4 is 5.90 Å². The van der Waals surface area contributed by atoms with Gasteiger partial charge in [0.25, 0.3) is 0 Å². The molecule has 0 saturated carbocycles. The fourth-order valence-corrected chi connectivity index (χ4v) is 0.578. The van der Waals surface area contributed by atoms with E-state index in [2.05, 4.69) is 17.7 Å². The van der Waals surface area contributed by atoms with E-state index in [1.165, 1.54) is 0 Å². The van der Waals surface area contributed by atoms with Crippen LogP contribution in [0.5, 0.6) is 0 Å². The molecule has 0 saturated heterocycles. The number of carbonyl (C=O) groups is 1. The second-order valence-corrected chi connectivity index (χ2v) is 1.95. The van der Waals surface area contributed by atoms with E-state index in [0.29, 0.717) is 6.42 Å². The fraction of sp³-hybridized carbons (Fsp3) is 0.833. The average molecular weight is 168 g/mol. The smallest absolute Gasteiger partial charge is 0.324 e. The van der Waals surface area contributed by atoms with E-state index in [9.17, 15) is 4.79 Å². The van der Waals surface area contributed by atoms with E-state index < -0.39 is 0 Å². The van der Waals surface area contributed by atoms with Crippen LogP contribution in [0.15, 0.2) is 0 Å². The van der Waals surface area contributed by atoms with Gasteiger partial charge in [-0.25, -0.2) is 0 Å². The molecule has 0 heterocycles. The van der Waals surface area contributed by atoms with E-state index in [1.54, 1.807) is 0 Å². The maximum atomic E-state index is 10.3. The van der Waals surface area contributed by atoms with Gasteiger partial charge in [0.1, 0.15) is 0 Å². The minimum Gasteiger partial charge on any atom is -0.373 e. The molecule has 0 aliphatic heterocycles. The van der Waals surface area contributed by atoms with Gasteiger partial charge in [0.05, 0.1) is 0 Å². The lowest BCUT2D eigenvalue weighted by molar-refractivity contribution is -0.144. The van der Waals surface area contributed by atoms with Crippen LogP contribution in [0.2, 0.25) is 0 Å². The predicted molar refractivity (Wildman–Crippen MR) is 41.7 cm³/mol. The first-order valence-electron chi connectivity index (χ1n) is 3.20. The van der Waals surface area contributed by atoms with Gasteiger partial charge in [-0.05, 0) is 6.42 Å². The van der Waals surface area contributed by atoms with Crippen molar-refractivity contribution in [3.8, 4) is 0 Å². The third-order valence-electron chi connectivity index (χ3n) is 1.12. The van der Waals surface area contributed by atoms with Crippen LogP contribution in [0.1, 0.15) is 32.6 Å². The van der Waals surface area contributed by atoms with E-state index in [0.717, 1.165) is 19.3 Å². The third-order valence-corrected chi connectivity index (χ3v) is 1.12. The molecule has 0 atom stereocenters. The molecule has 0 aromatic rings. The van der Waals surface area contributed by atoms with Gasteiger partial charge in [-0.15, -0.1) is 12.4 Å². The molecule has 62 valence electrons. The normalized spacial score (nSPS) is 8.20. The summed E-state index contributed by atoms with van der Waals surface area (Å²) in [6, 6.07) is 0. The second-order valence-electron chi connectivity index (χ2n) is 1.95. The van der Waals surface area contributed by atoms with Gasteiger partial charge < -0.3 is 4.84 Å². The Morgan fingerprint density at radius 3 is 2.50 bits per heavy atom. The Balaban J connectivity index is 0. The lowest BCUT2D eigenvalue weighted by atomic mass is 10.2. The maximum absolute atomic E-state index is 10.3. The van der Waals surface area contributed by atoms with Crippen molar-refractivity contribution in [1.82, 2.24) is 0 Å². The largest absolute Gasteiger partial charge is 0.373 e. The Labute approximate surface area is 67.3 Å². The molecule has 0 spiro atoms. The first kappa shape index (κ1) is 12.4. The van der Waals surface area contributed by atoms with E-state index in [4.69, 9.17) is 0 Å². The molecule has 4 heteroatoms. The van der Waals surface area contributed by atoms with Gasteiger partial charge in [-0.2, -0.15) is 5.90 Å². The quantitative estimate of drug-likeness (QED) is 0.509. The molecule has 0 fully saturated rings. The highest BCUT2D eigenvalue weighted by Gasteiger charge is 1.97. The van der Waals surface area contributed by atoms with Crippen LogP contribution in [-0.2, 0) is 9.63 Å². The molecule has 10 heavy (non-hydrogen) atoms. The van der Waals surface area contributed by atoms with Crippen molar-refractivity contribution in [3.63, 3.8) is 0 Å². The van der Waals surface area contributed by atoms with Crippen molar-refractivity contribution >= 4 is 18.4 Å². The molecular formula is C6H14ClNO2. The fourth-order valence-electron chi connectivity index (χ4n) is 0.578. The summed E-state index contributed by atoms with van der Waals surface area (Å²) in [7, 11) is 0. The predicted octanol–water partition coefficient (Wildman–Crippen LogP) is 1.41. The summed E-state index contributed by atoms with van der Waals surface area (Å²) in [4.78, 5) is 14.3. The summed E-state index contributed by atoms with van der Waals surface area (Å²) >= 11 is 0. The zero-order valence-corrected chi connectivity index (χ0v) is 6.95. The standard InChI is InChI=1S/C6H13NO2.ClH/c1-2-3-4-5-6(8)9-7;/h2-5,7H2,1H3;1H. The number of hydrogen-bond donors (Lipinski definition) is 1. The number of nitrogens with two attached hydrogens (primary N) is 1. The van der Waals surface area contributed by atoms with Gasteiger partial charge in [-0.1, -0.05) is 19.8 Å². The molecule has 2 N–H and O–H groups in total. The summed E-state index contributed by atoms with van der Waals surface area (Å²) < 4.78 is 0. The van der Waals surface area contributed by atoms with Gasteiger partial charge >= 0.3 is 5.97 Å². The minimum atomic E-state index is -0.316. The van der Waals surface area contributed by atoms with Crippen LogP contribution in [0.3, 0.4) is 0 Å². The SMILES string of the molecule is CCCCCC(=O)ON.Cl. The maximum Gasteiger partial charge on any atom is 0.324 e. The highest BCUT2D eigenvalue weighted by atomic mass is 35.5. The molecule has 0 aromatic heterocycles. The molecule has 0 bridgehead atoms. The Hall–Kier alpha value is -0.280. The lowest BCUT2D eigenvalue weighted by Crippen LogP contribution is -2.08. The second kappa shape index (κ2) is 8.72. The zero-order chi connectivity index (χ0) is 7.11. The number of hydrogen-bond acceptors (Lipinski definition) is 3. The number of carbonyl (C=O) groups excluding carboxylic acids is 1. The highest BCUT2D eigenvalue weighted by molar-refractivity contribution is 5.85. The first-order valence-corrected chi connectivity index (χ1v) is 3.20. The Morgan fingerprint density at radius 2 is 2.10 bits per heavy atom. The monoisotopic (exact) mass is 167 g/mol. The van der Waals surface area contributed by atoms with E-state index >= 15 is 0 Å². The van der Waals surface area contributed by atoms with Crippen LogP contribution in [0.4, 0.5) is 0 Å². The van der Waals surface area contributed by atoms with E-state index in [1.807, 2.05) is 0 Å². The topological polar surface area (TPSA) is 52.3 Å². The van der Waals surface area contributed by atoms with Gasteiger partial charge in [0, 0.05) is 6.42 Å². The van der Waals surface area contributed by atoms with Crippen molar-refractivity contribution in [2.45, 2.75) is 32.6 Å². The summed E-state index contributed by atoms with van der Waals surface area (Å²) in [6.07, 6.45) is 3.50. The van der Waals surface area contributed by atoms with Gasteiger partial charge in [0.2, 0.25) is 0 Å².